The molecular weight excluding hydrogens is 428 g/mol. The summed E-state index contributed by atoms with van der Waals surface area (Å²) >= 11 is 0. The van der Waals surface area contributed by atoms with Crippen LogP contribution in [0.1, 0.15) is 12.8 Å². The standard InChI is InChI=1S/C22H26N6O3.H2S/c1-2-20(31-16-3-8-29-9-4-16)26-12-15(1)18-11-19-21(25-6-5-24-19)22(28-18)27-14-17-13-23-7-10-30-17;/h1-2,5-6,11-12,16-17,23H,3-4,7-10,13-14H2,(H,27,28);1H2/t17-;/m0./s1. The molecule has 0 saturated carbocycles. The molecule has 1 atom stereocenters. The molecule has 2 N–H and O–H groups in total. The Morgan fingerprint density at radius 3 is 2.75 bits per heavy atom. The summed E-state index contributed by atoms with van der Waals surface area (Å²) in [7, 11) is 0. The Morgan fingerprint density at radius 1 is 1.09 bits per heavy atom. The number of ether oxygens (including phenoxy) is 3. The average Bonchev–Trinajstić information content (AvgIpc) is 2.84. The lowest BCUT2D eigenvalue weighted by atomic mass is 10.1. The maximum absolute atomic E-state index is 5.98. The Bertz CT molecular complexity index is 1010. The molecule has 170 valence electrons. The van der Waals surface area contributed by atoms with Crippen molar-refractivity contribution in [2.24, 2.45) is 0 Å². The van der Waals surface area contributed by atoms with Crippen LogP contribution in [0.3, 0.4) is 0 Å². The smallest absolute Gasteiger partial charge is 0.213 e. The van der Waals surface area contributed by atoms with Gasteiger partial charge in [-0.25, -0.2) is 15.0 Å². The van der Waals surface area contributed by atoms with Crippen molar-refractivity contribution in [1.29, 1.82) is 0 Å². The molecule has 2 saturated heterocycles. The predicted molar refractivity (Wildman–Crippen MR) is 127 cm³/mol. The van der Waals surface area contributed by atoms with Gasteiger partial charge in [0, 0.05) is 62.7 Å². The lowest BCUT2D eigenvalue weighted by molar-refractivity contribution is 0.0237. The second-order valence-corrected chi connectivity index (χ2v) is 7.67. The van der Waals surface area contributed by atoms with E-state index < -0.39 is 0 Å². The van der Waals surface area contributed by atoms with E-state index in [9.17, 15) is 0 Å². The maximum Gasteiger partial charge on any atom is 0.213 e. The van der Waals surface area contributed by atoms with Crippen molar-refractivity contribution >= 4 is 30.3 Å². The van der Waals surface area contributed by atoms with E-state index in [-0.39, 0.29) is 25.7 Å². The Morgan fingerprint density at radius 2 is 1.97 bits per heavy atom. The predicted octanol–water partition coefficient (Wildman–Crippen LogP) is 2.16. The third-order valence-corrected chi connectivity index (χ3v) is 5.45. The van der Waals surface area contributed by atoms with Gasteiger partial charge in [0.15, 0.2) is 5.82 Å². The first-order chi connectivity index (χ1) is 15.3. The fraction of sp³-hybridized carbons (Fsp3) is 0.455. The Balaban J connectivity index is 0.00000245. The van der Waals surface area contributed by atoms with Crippen molar-refractivity contribution in [2.75, 3.05) is 44.8 Å². The lowest BCUT2D eigenvalue weighted by Gasteiger charge is -2.24. The van der Waals surface area contributed by atoms with Gasteiger partial charge in [-0.15, -0.1) is 0 Å². The molecular formula is C22H28N6O3S. The molecule has 3 aromatic heterocycles. The summed E-state index contributed by atoms with van der Waals surface area (Å²) in [5, 5.41) is 6.74. The SMILES string of the molecule is S.c1cnc2c(NC[C@@H]3CNCCO3)nc(-c3ccc(OC4CCOCC4)nc3)cc2n1. The highest BCUT2D eigenvalue weighted by Gasteiger charge is 2.17. The van der Waals surface area contributed by atoms with E-state index >= 15 is 0 Å². The largest absolute Gasteiger partial charge is 0.474 e. The van der Waals surface area contributed by atoms with Gasteiger partial charge in [-0.05, 0) is 12.1 Å². The number of pyridine rings is 2. The first kappa shape index (κ1) is 22.7. The number of aromatic nitrogens is 4. The summed E-state index contributed by atoms with van der Waals surface area (Å²) in [6.45, 7) is 4.54. The summed E-state index contributed by atoms with van der Waals surface area (Å²) in [6, 6.07) is 5.80. The van der Waals surface area contributed by atoms with Crippen molar-refractivity contribution in [1.82, 2.24) is 25.3 Å². The number of rotatable bonds is 6. The second-order valence-electron chi connectivity index (χ2n) is 7.67. The highest BCUT2D eigenvalue weighted by molar-refractivity contribution is 7.59. The Kier molecular flexibility index (Phi) is 7.69. The highest BCUT2D eigenvalue weighted by atomic mass is 32.1. The molecule has 2 aliphatic heterocycles. The van der Waals surface area contributed by atoms with Gasteiger partial charge < -0.3 is 24.8 Å². The molecule has 9 nitrogen and oxygen atoms in total. The molecule has 0 radical (unpaired) electrons. The molecule has 2 aliphatic rings. The minimum absolute atomic E-state index is 0. The zero-order chi connectivity index (χ0) is 20.9. The van der Waals surface area contributed by atoms with E-state index in [1.54, 1.807) is 18.6 Å². The molecule has 5 rings (SSSR count). The lowest BCUT2D eigenvalue weighted by Crippen LogP contribution is -2.42. The van der Waals surface area contributed by atoms with E-state index in [0.29, 0.717) is 24.8 Å². The molecule has 0 spiro atoms. The van der Waals surface area contributed by atoms with Gasteiger partial charge in [0.25, 0.3) is 0 Å². The van der Waals surface area contributed by atoms with Crippen LogP contribution in [0.15, 0.2) is 36.8 Å². The number of nitrogens with one attached hydrogen (secondary N) is 2. The fourth-order valence-corrected chi connectivity index (χ4v) is 3.77. The highest BCUT2D eigenvalue weighted by Crippen LogP contribution is 2.26. The zero-order valence-electron chi connectivity index (χ0n) is 17.8. The molecule has 10 heteroatoms. The quantitative estimate of drug-likeness (QED) is 0.577. The van der Waals surface area contributed by atoms with E-state index in [1.807, 2.05) is 18.2 Å². The average molecular weight is 457 g/mol. The minimum Gasteiger partial charge on any atom is -0.474 e. The second kappa shape index (κ2) is 10.9. The number of anilines is 1. The van der Waals surface area contributed by atoms with E-state index in [1.165, 1.54) is 0 Å². The van der Waals surface area contributed by atoms with Crippen molar-refractivity contribution < 1.29 is 14.2 Å². The number of hydrogen-bond donors (Lipinski definition) is 2. The first-order valence-corrected chi connectivity index (χ1v) is 10.7. The van der Waals surface area contributed by atoms with E-state index in [2.05, 4.69) is 25.6 Å². The minimum atomic E-state index is 0. The normalized spacial score (nSPS) is 19.3. The number of morpholine rings is 1. The summed E-state index contributed by atoms with van der Waals surface area (Å²) < 4.78 is 17.1. The van der Waals surface area contributed by atoms with Crippen LogP contribution in [0, 0.1) is 0 Å². The van der Waals surface area contributed by atoms with Crippen molar-refractivity contribution in [2.45, 2.75) is 25.0 Å². The van der Waals surface area contributed by atoms with Crippen LogP contribution in [0.2, 0.25) is 0 Å². The zero-order valence-corrected chi connectivity index (χ0v) is 18.8. The van der Waals surface area contributed by atoms with Gasteiger partial charge in [0.2, 0.25) is 5.88 Å². The molecule has 5 heterocycles. The van der Waals surface area contributed by atoms with Crippen molar-refractivity contribution in [3.8, 4) is 17.1 Å². The number of hydrogen-bond acceptors (Lipinski definition) is 9. The van der Waals surface area contributed by atoms with Crippen molar-refractivity contribution in [3.05, 3.63) is 36.8 Å². The van der Waals surface area contributed by atoms with E-state index in [0.717, 1.165) is 61.4 Å². The van der Waals surface area contributed by atoms with Crippen LogP contribution in [0.25, 0.3) is 22.3 Å². The van der Waals surface area contributed by atoms with Crippen LogP contribution in [-0.4, -0.2) is 71.6 Å². The summed E-state index contributed by atoms with van der Waals surface area (Å²) in [4.78, 5) is 18.2. The first-order valence-electron chi connectivity index (χ1n) is 10.7. The Labute approximate surface area is 193 Å². The molecule has 0 unspecified atom stereocenters. The van der Waals surface area contributed by atoms with Crippen LogP contribution in [0.4, 0.5) is 5.82 Å². The maximum atomic E-state index is 5.98. The summed E-state index contributed by atoms with van der Waals surface area (Å²) in [5.41, 5.74) is 3.19. The topological polar surface area (TPSA) is 103 Å². The van der Waals surface area contributed by atoms with E-state index in [4.69, 9.17) is 19.2 Å². The Hall–Kier alpha value is -2.53. The summed E-state index contributed by atoms with van der Waals surface area (Å²) in [6.07, 6.45) is 7.19. The molecule has 0 aliphatic carbocycles. The molecule has 32 heavy (non-hydrogen) atoms. The number of nitrogens with zero attached hydrogens (tertiary/aromatic N) is 4. The summed E-state index contributed by atoms with van der Waals surface area (Å²) in [5.74, 6) is 1.31. The molecule has 3 aromatic rings. The van der Waals surface area contributed by atoms with Gasteiger partial charge in [0.1, 0.15) is 11.6 Å². The van der Waals surface area contributed by atoms with Crippen molar-refractivity contribution in [3.63, 3.8) is 0 Å². The van der Waals surface area contributed by atoms with Gasteiger partial charge in [-0.1, -0.05) is 0 Å². The van der Waals surface area contributed by atoms with Gasteiger partial charge in [0.05, 0.1) is 37.1 Å². The number of fused-ring (bicyclic) bond motifs is 1. The van der Waals surface area contributed by atoms with Gasteiger partial charge >= 0.3 is 0 Å². The van der Waals surface area contributed by atoms with Gasteiger partial charge in [-0.2, -0.15) is 13.5 Å². The molecule has 0 amide bonds. The molecule has 2 fully saturated rings. The van der Waals surface area contributed by atoms with Crippen LogP contribution in [-0.2, 0) is 9.47 Å². The monoisotopic (exact) mass is 456 g/mol. The van der Waals surface area contributed by atoms with Crippen LogP contribution < -0.4 is 15.4 Å². The third kappa shape index (κ3) is 5.44. The molecule has 0 aromatic carbocycles. The van der Waals surface area contributed by atoms with Gasteiger partial charge in [-0.3, -0.25) is 4.98 Å². The molecule has 0 bridgehead atoms. The van der Waals surface area contributed by atoms with Crippen LogP contribution >= 0.6 is 13.5 Å². The fourth-order valence-electron chi connectivity index (χ4n) is 3.77. The third-order valence-electron chi connectivity index (χ3n) is 5.45. The van der Waals surface area contributed by atoms with Crippen LogP contribution in [0.5, 0.6) is 5.88 Å².